The highest BCUT2D eigenvalue weighted by Crippen LogP contribution is 2.73. The second-order valence-electron chi connectivity index (χ2n) is 15.2. The molecule has 0 N–H and O–H groups in total. The molecular weight excluding hydrogens is 603 g/mol. The van der Waals surface area contributed by atoms with Crippen molar-refractivity contribution >= 4 is 25.9 Å². The van der Waals surface area contributed by atoms with Crippen LogP contribution in [0.15, 0.2) is 115 Å². The lowest BCUT2D eigenvalue weighted by atomic mass is 9.53. The molecule has 0 aliphatic carbocycles. The predicted octanol–water partition coefficient (Wildman–Crippen LogP) is 9.41. The van der Waals surface area contributed by atoms with Crippen LogP contribution < -0.4 is 4.90 Å². The molecule has 0 spiro atoms. The van der Waals surface area contributed by atoms with Crippen LogP contribution in [-0.2, 0) is 31.3 Å². The topological polar surface area (TPSA) is 65.1 Å². The molecule has 2 heterocycles. The number of Topliss-reactive ketones (excluding diaryl/α,β-unsaturated/α-hetero) is 1. The molecule has 0 radical (unpaired) electrons. The fourth-order valence-corrected chi connectivity index (χ4v) is 8.20. The average Bonchev–Trinajstić information content (AvgIpc) is 3.19. The van der Waals surface area contributed by atoms with Gasteiger partial charge >= 0.3 is 6.09 Å². The van der Waals surface area contributed by atoms with Gasteiger partial charge in [0.05, 0.1) is 5.69 Å². The van der Waals surface area contributed by atoms with Gasteiger partial charge in [0.1, 0.15) is 11.0 Å². The Morgan fingerprint density at radius 3 is 1.85 bits per heavy atom. The van der Waals surface area contributed by atoms with Gasteiger partial charge in [0.2, 0.25) is 5.78 Å². The number of para-hydroxylation sites is 1. The zero-order chi connectivity index (χ0) is 33.9. The summed E-state index contributed by atoms with van der Waals surface area (Å²) in [5.41, 5.74) is 0.0100. The van der Waals surface area contributed by atoms with Gasteiger partial charge in [-0.2, -0.15) is 0 Å². The SMILES string of the molecule is CC(C)(C)OC(=O)N1c2ccccc2[C@]2(Cc3ccccc3)[C@@]1(O[Si](C)(C)C(C)(C)C)O[C@]2(C(=O)c1ccccc1)c1ccccc1. The molecule has 4 aromatic rings. The Balaban J connectivity index is 1.75. The summed E-state index contributed by atoms with van der Waals surface area (Å²) in [6, 6.07) is 36.8. The average molecular weight is 648 g/mol. The first-order valence-electron chi connectivity index (χ1n) is 16.3. The zero-order valence-electron chi connectivity index (χ0n) is 28.7. The third-order valence-corrected chi connectivity index (χ3v) is 14.4. The summed E-state index contributed by atoms with van der Waals surface area (Å²) >= 11 is 0. The molecule has 0 bridgehead atoms. The van der Waals surface area contributed by atoms with Crippen LogP contribution in [0.5, 0.6) is 0 Å². The van der Waals surface area contributed by atoms with E-state index in [0.29, 0.717) is 23.2 Å². The van der Waals surface area contributed by atoms with E-state index in [1.165, 1.54) is 0 Å². The van der Waals surface area contributed by atoms with Gasteiger partial charge < -0.3 is 13.9 Å². The molecule has 7 heteroatoms. The van der Waals surface area contributed by atoms with Crippen molar-refractivity contribution in [3.63, 3.8) is 0 Å². The number of benzene rings is 4. The van der Waals surface area contributed by atoms with Gasteiger partial charge in [-0.15, -0.1) is 0 Å². The number of rotatable bonds is 7. The fraction of sp³-hybridized carbons (Fsp3) is 0.350. The van der Waals surface area contributed by atoms with Gasteiger partial charge in [0.25, 0.3) is 5.91 Å². The second-order valence-corrected chi connectivity index (χ2v) is 19.9. The van der Waals surface area contributed by atoms with Crippen molar-refractivity contribution in [2.24, 2.45) is 0 Å². The van der Waals surface area contributed by atoms with Crippen LogP contribution in [-0.4, -0.2) is 31.7 Å². The number of fused-ring (bicyclic) bond motifs is 3. The number of nitrogens with zero attached hydrogens (tertiary/aromatic N) is 1. The van der Waals surface area contributed by atoms with Crippen molar-refractivity contribution in [3.05, 3.63) is 138 Å². The first-order chi connectivity index (χ1) is 22.1. The first kappa shape index (κ1) is 32.9. The van der Waals surface area contributed by atoms with Crippen molar-refractivity contribution in [2.75, 3.05) is 4.90 Å². The monoisotopic (exact) mass is 647 g/mol. The highest BCUT2D eigenvalue weighted by atomic mass is 28.4. The number of carbonyl (C=O) groups is 2. The molecule has 6 nitrogen and oxygen atoms in total. The Labute approximate surface area is 279 Å². The molecule has 244 valence electrons. The first-order valence-corrected chi connectivity index (χ1v) is 19.2. The molecule has 4 aromatic carbocycles. The fourth-order valence-electron chi connectivity index (χ4n) is 6.90. The van der Waals surface area contributed by atoms with Crippen molar-refractivity contribution in [1.29, 1.82) is 0 Å². The molecule has 3 atom stereocenters. The van der Waals surface area contributed by atoms with E-state index in [-0.39, 0.29) is 10.8 Å². The molecule has 0 saturated carbocycles. The summed E-state index contributed by atoms with van der Waals surface area (Å²) in [6.45, 7) is 16.3. The van der Waals surface area contributed by atoms with Gasteiger partial charge in [-0.3, -0.25) is 4.79 Å². The van der Waals surface area contributed by atoms with E-state index >= 15 is 4.79 Å². The number of amides is 1. The third kappa shape index (κ3) is 4.98. The number of hydrogen-bond donors (Lipinski definition) is 0. The lowest BCUT2D eigenvalue weighted by Gasteiger charge is -2.68. The summed E-state index contributed by atoms with van der Waals surface area (Å²) in [4.78, 5) is 31.6. The molecule has 47 heavy (non-hydrogen) atoms. The van der Waals surface area contributed by atoms with Crippen LogP contribution in [0.1, 0.15) is 68.6 Å². The highest BCUT2D eigenvalue weighted by Gasteiger charge is 2.88. The summed E-state index contributed by atoms with van der Waals surface area (Å²) in [7, 11) is -2.75. The van der Waals surface area contributed by atoms with Crippen LogP contribution in [0, 0.1) is 0 Å². The summed E-state index contributed by atoms with van der Waals surface area (Å²) in [6.07, 6.45) is -0.237. The second kappa shape index (κ2) is 11.3. The molecule has 1 amide bonds. The largest absolute Gasteiger partial charge is 0.443 e. The van der Waals surface area contributed by atoms with E-state index in [1.54, 1.807) is 4.90 Å². The van der Waals surface area contributed by atoms with Gasteiger partial charge in [0.15, 0.2) is 13.9 Å². The van der Waals surface area contributed by atoms with Crippen LogP contribution in [0.25, 0.3) is 0 Å². The third-order valence-electron chi connectivity index (χ3n) is 9.95. The lowest BCUT2D eigenvalue weighted by molar-refractivity contribution is -0.397. The summed E-state index contributed by atoms with van der Waals surface area (Å²) in [5, 5.41) is -0.258. The number of carbonyl (C=O) groups excluding carboxylic acids is 2. The van der Waals surface area contributed by atoms with Crippen molar-refractivity contribution in [1.82, 2.24) is 0 Å². The molecule has 1 saturated heterocycles. The van der Waals surface area contributed by atoms with E-state index in [0.717, 1.165) is 11.1 Å². The van der Waals surface area contributed by atoms with Crippen LogP contribution in [0.4, 0.5) is 10.5 Å². The van der Waals surface area contributed by atoms with E-state index in [2.05, 4.69) is 46.0 Å². The Morgan fingerprint density at radius 1 is 0.745 bits per heavy atom. The number of hydrogen-bond acceptors (Lipinski definition) is 5. The number of anilines is 1. The number of ketones is 1. The summed E-state index contributed by atoms with van der Waals surface area (Å²) in [5.74, 6) is -1.91. The van der Waals surface area contributed by atoms with E-state index in [4.69, 9.17) is 13.9 Å². The van der Waals surface area contributed by atoms with Crippen molar-refractivity contribution in [2.45, 2.75) is 88.6 Å². The summed E-state index contributed by atoms with van der Waals surface area (Å²) < 4.78 is 21.0. The van der Waals surface area contributed by atoms with E-state index in [1.807, 2.05) is 124 Å². The maximum atomic E-state index is 15.4. The van der Waals surface area contributed by atoms with Crippen LogP contribution in [0.3, 0.4) is 0 Å². The zero-order valence-corrected chi connectivity index (χ0v) is 29.7. The Morgan fingerprint density at radius 2 is 1.28 bits per heavy atom. The maximum Gasteiger partial charge on any atom is 0.419 e. The molecule has 1 fully saturated rings. The molecule has 2 aliphatic rings. The van der Waals surface area contributed by atoms with E-state index < -0.39 is 36.9 Å². The quantitative estimate of drug-likeness (QED) is 0.148. The standard InChI is InChI=1S/C40H45NO5Si/c1-36(2,3)44-35(43)41-33-27-19-18-26-32(33)38(28-29-20-12-9-13-21-29)39(31-24-16-11-17-25-31,34(42)30-22-14-10-15-23-30)45-40(38,41)46-47(7,8)37(4,5)6/h9-27H,28H2,1-8H3/t38-,39-,40-/m0/s1. The van der Waals surface area contributed by atoms with Crippen LogP contribution in [0.2, 0.25) is 18.1 Å². The molecular formula is C40H45NO5Si. The Bertz CT molecular complexity index is 1780. The Hall–Kier alpha value is -4.04. The lowest BCUT2D eigenvalue weighted by Crippen LogP contribution is -2.85. The molecule has 0 unspecified atom stereocenters. The predicted molar refractivity (Wildman–Crippen MR) is 188 cm³/mol. The van der Waals surface area contributed by atoms with Gasteiger partial charge in [0, 0.05) is 5.56 Å². The number of ether oxygens (including phenoxy) is 2. The minimum Gasteiger partial charge on any atom is -0.443 e. The normalized spacial score (nSPS) is 23.8. The highest BCUT2D eigenvalue weighted by molar-refractivity contribution is 6.74. The maximum absolute atomic E-state index is 15.4. The molecule has 6 rings (SSSR count). The van der Waals surface area contributed by atoms with Gasteiger partial charge in [-0.05, 0) is 68.1 Å². The van der Waals surface area contributed by atoms with E-state index in [9.17, 15) is 4.79 Å². The molecule has 0 aromatic heterocycles. The van der Waals surface area contributed by atoms with Gasteiger partial charge in [-0.1, -0.05) is 130 Å². The van der Waals surface area contributed by atoms with Crippen LogP contribution >= 0.6 is 0 Å². The minimum absolute atomic E-state index is 0.199. The van der Waals surface area contributed by atoms with Crippen molar-refractivity contribution < 1.29 is 23.5 Å². The van der Waals surface area contributed by atoms with Crippen molar-refractivity contribution in [3.8, 4) is 0 Å². The molecule has 2 aliphatic heterocycles. The van der Waals surface area contributed by atoms with Gasteiger partial charge in [-0.25, -0.2) is 9.69 Å². The smallest absolute Gasteiger partial charge is 0.419 e. The Kier molecular flexibility index (Phi) is 7.90. The minimum atomic E-state index is -2.75.